The lowest BCUT2D eigenvalue weighted by Gasteiger charge is -2.12. The third-order valence-electron chi connectivity index (χ3n) is 3.20. The van der Waals surface area contributed by atoms with Crippen molar-refractivity contribution in [2.75, 3.05) is 7.11 Å². The van der Waals surface area contributed by atoms with Crippen LogP contribution in [-0.4, -0.2) is 32.1 Å². The molecule has 2 rings (SSSR count). The van der Waals surface area contributed by atoms with E-state index in [1.54, 1.807) is 0 Å². The van der Waals surface area contributed by atoms with Crippen molar-refractivity contribution in [1.29, 1.82) is 0 Å². The van der Waals surface area contributed by atoms with E-state index >= 15 is 0 Å². The average molecular weight is 306 g/mol. The summed E-state index contributed by atoms with van der Waals surface area (Å²) in [7, 11) is 1.48. The van der Waals surface area contributed by atoms with Gasteiger partial charge >= 0.3 is 0 Å². The van der Waals surface area contributed by atoms with Crippen molar-refractivity contribution in [3.63, 3.8) is 0 Å². The molecule has 0 fully saturated rings. The van der Waals surface area contributed by atoms with Gasteiger partial charge in [-0.25, -0.2) is 4.68 Å². The number of nitro groups is 1. The second-order valence-electron chi connectivity index (χ2n) is 5.26. The predicted octanol–water partition coefficient (Wildman–Crippen LogP) is 1.87. The first-order chi connectivity index (χ1) is 10.5. The lowest BCUT2D eigenvalue weighted by Crippen LogP contribution is -2.09. The zero-order valence-corrected chi connectivity index (χ0v) is 12.7. The fourth-order valence-electron chi connectivity index (χ4n) is 2.20. The highest BCUT2D eigenvalue weighted by Gasteiger charge is 2.20. The molecule has 0 spiro atoms. The minimum Gasteiger partial charge on any atom is -0.494 e. The molecule has 0 saturated carbocycles. The summed E-state index contributed by atoms with van der Waals surface area (Å²) >= 11 is 0. The number of rotatable bonds is 6. The molecule has 0 aliphatic rings. The number of ether oxygens (including phenoxy) is 1. The van der Waals surface area contributed by atoms with Crippen LogP contribution in [0.1, 0.15) is 25.2 Å². The minimum absolute atomic E-state index is 0.0626. The molecule has 0 radical (unpaired) electrons. The van der Waals surface area contributed by atoms with Gasteiger partial charge < -0.3 is 9.84 Å². The van der Waals surface area contributed by atoms with Crippen LogP contribution in [0.4, 0.5) is 5.69 Å². The smallest absolute Gasteiger partial charge is 0.271 e. The molecule has 1 heterocycles. The monoisotopic (exact) mass is 306 g/mol. The molecule has 22 heavy (non-hydrogen) atoms. The standard InChI is InChI=1S/C14H18N4O4/c1-9(2)6-12-11(8-19)15-16-17(12)13-7-10(18(20)21)4-5-14(13)22-3/h4-5,7,9,19H,6,8H2,1-3H3. The number of aliphatic hydroxyl groups excluding tert-OH is 1. The number of nitro benzene ring substituents is 1. The number of aromatic nitrogens is 3. The summed E-state index contributed by atoms with van der Waals surface area (Å²) in [6, 6.07) is 4.28. The van der Waals surface area contributed by atoms with E-state index in [0.717, 1.165) is 5.69 Å². The van der Waals surface area contributed by atoms with Crippen LogP contribution in [-0.2, 0) is 13.0 Å². The maximum Gasteiger partial charge on any atom is 0.271 e. The van der Waals surface area contributed by atoms with E-state index in [-0.39, 0.29) is 12.3 Å². The molecule has 1 aromatic carbocycles. The van der Waals surface area contributed by atoms with Gasteiger partial charge in [0.15, 0.2) is 0 Å². The summed E-state index contributed by atoms with van der Waals surface area (Å²) in [6.45, 7) is 3.83. The molecule has 0 aliphatic heterocycles. The first-order valence-corrected chi connectivity index (χ1v) is 6.85. The Morgan fingerprint density at radius 1 is 1.45 bits per heavy atom. The average Bonchev–Trinajstić information content (AvgIpc) is 2.88. The third kappa shape index (κ3) is 3.06. The molecule has 0 atom stereocenters. The maximum absolute atomic E-state index is 11.0. The van der Waals surface area contributed by atoms with Crippen molar-refractivity contribution in [2.45, 2.75) is 26.9 Å². The van der Waals surface area contributed by atoms with Crippen molar-refractivity contribution in [1.82, 2.24) is 15.0 Å². The molecule has 0 saturated heterocycles. The van der Waals surface area contributed by atoms with Gasteiger partial charge in [0.25, 0.3) is 5.69 Å². The van der Waals surface area contributed by atoms with Crippen molar-refractivity contribution < 1.29 is 14.8 Å². The van der Waals surface area contributed by atoms with E-state index in [9.17, 15) is 15.2 Å². The van der Waals surface area contributed by atoms with Crippen molar-refractivity contribution in [3.05, 3.63) is 39.7 Å². The van der Waals surface area contributed by atoms with Crippen LogP contribution in [0.5, 0.6) is 5.75 Å². The number of hydrogen-bond donors (Lipinski definition) is 1. The highest BCUT2D eigenvalue weighted by Crippen LogP contribution is 2.29. The van der Waals surface area contributed by atoms with Crippen LogP contribution in [0.25, 0.3) is 5.69 Å². The Labute approximate surface area is 127 Å². The van der Waals surface area contributed by atoms with Gasteiger partial charge in [0.2, 0.25) is 0 Å². The third-order valence-corrected chi connectivity index (χ3v) is 3.20. The Morgan fingerprint density at radius 2 is 2.18 bits per heavy atom. The number of methoxy groups -OCH3 is 1. The number of aliphatic hydroxyl groups is 1. The van der Waals surface area contributed by atoms with Gasteiger partial charge in [-0.1, -0.05) is 19.1 Å². The number of non-ortho nitro benzene ring substituents is 1. The Kier molecular flexibility index (Phi) is 4.71. The highest BCUT2D eigenvalue weighted by molar-refractivity contribution is 5.54. The molecule has 8 nitrogen and oxygen atoms in total. The maximum atomic E-state index is 11.0. The van der Waals surface area contributed by atoms with Gasteiger partial charge in [-0.3, -0.25) is 10.1 Å². The van der Waals surface area contributed by atoms with Crippen LogP contribution >= 0.6 is 0 Å². The van der Waals surface area contributed by atoms with Gasteiger partial charge in [0.1, 0.15) is 17.1 Å². The first kappa shape index (κ1) is 15.9. The largest absolute Gasteiger partial charge is 0.494 e. The summed E-state index contributed by atoms with van der Waals surface area (Å²) in [5.41, 5.74) is 1.55. The first-order valence-electron chi connectivity index (χ1n) is 6.85. The van der Waals surface area contributed by atoms with Crippen molar-refractivity contribution in [3.8, 4) is 11.4 Å². The van der Waals surface area contributed by atoms with Crippen molar-refractivity contribution in [2.24, 2.45) is 5.92 Å². The van der Waals surface area contributed by atoms with Gasteiger partial charge in [-0.15, -0.1) is 5.10 Å². The molecule has 0 amide bonds. The molecule has 1 aromatic heterocycles. The van der Waals surface area contributed by atoms with E-state index in [1.165, 1.54) is 30.0 Å². The number of nitrogens with zero attached hydrogens (tertiary/aromatic N) is 4. The summed E-state index contributed by atoms with van der Waals surface area (Å²) in [5, 5.41) is 28.4. The van der Waals surface area contributed by atoms with Gasteiger partial charge in [0, 0.05) is 12.1 Å². The van der Waals surface area contributed by atoms with Crippen LogP contribution in [0.2, 0.25) is 0 Å². The van der Waals surface area contributed by atoms with Gasteiger partial charge in [0.05, 0.1) is 24.3 Å². The Bertz CT molecular complexity index is 681. The molecule has 0 aliphatic carbocycles. The number of benzene rings is 1. The molecule has 8 heteroatoms. The Hall–Kier alpha value is -2.48. The summed E-state index contributed by atoms with van der Waals surface area (Å²) in [4.78, 5) is 10.5. The molecule has 0 bridgehead atoms. The fourth-order valence-corrected chi connectivity index (χ4v) is 2.20. The molecule has 2 aromatic rings. The van der Waals surface area contributed by atoms with Gasteiger partial charge in [-0.2, -0.15) is 0 Å². The zero-order chi connectivity index (χ0) is 16.3. The number of hydrogen-bond acceptors (Lipinski definition) is 6. The lowest BCUT2D eigenvalue weighted by molar-refractivity contribution is -0.384. The molecular formula is C14H18N4O4. The SMILES string of the molecule is COc1ccc([N+](=O)[O-])cc1-n1nnc(CO)c1CC(C)C. The molecular weight excluding hydrogens is 288 g/mol. The second-order valence-corrected chi connectivity index (χ2v) is 5.26. The van der Waals surface area contributed by atoms with E-state index in [1.807, 2.05) is 13.8 Å². The topological polar surface area (TPSA) is 103 Å². The molecule has 118 valence electrons. The van der Waals surface area contributed by atoms with E-state index in [0.29, 0.717) is 29.5 Å². The second kappa shape index (κ2) is 6.52. The van der Waals surface area contributed by atoms with Crippen LogP contribution in [0.3, 0.4) is 0 Å². The Balaban J connectivity index is 2.62. The highest BCUT2D eigenvalue weighted by atomic mass is 16.6. The summed E-state index contributed by atoms with van der Waals surface area (Å²) in [6.07, 6.45) is 0.634. The predicted molar refractivity (Wildman–Crippen MR) is 79.0 cm³/mol. The van der Waals surface area contributed by atoms with Crippen LogP contribution < -0.4 is 4.74 Å². The lowest BCUT2D eigenvalue weighted by atomic mass is 10.1. The molecule has 0 unspecified atom stereocenters. The van der Waals surface area contributed by atoms with E-state index < -0.39 is 4.92 Å². The van der Waals surface area contributed by atoms with Crippen molar-refractivity contribution >= 4 is 5.69 Å². The van der Waals surface area contributed by atoms with E-state index in [2.05, 4.69) is 10.3 Å². The summed E-state index contributed by atoms with van der Waals surface area (Å²) < 4.78 is 6.76. The Morgan fingerprint density at radius 3 is 2.73 bits per heavy atom. The van der Waals surface area contributed by atoms with Gasteiger partial charge in [-0.05, 0) is 18.4 Å². The quantitative estimate of drug-likeness (QED) is 0.645. The van der Waals surface area contributed by atoms with Crippen LogP contribution in [0, 0.1) is 16.0 Å². The molecule has 1 N–H and O–H groups in total. The minimum atomic E-state index is -0.477. The van der Waals surface area contributed by atoms with E-state index in [4.69, 9.17) is 4.74 Å². The summed E-state index contributed by atoms with van der Waals surface area (Å²) in [5.74, 6) is 0.761. The fraction of sp³-hybridized carbons (Fsp3) is 0.429. The van der Waals surface area contributed by atoms with Crippen LogP contribution in [0.15, 0.2) is 18.2 Å². The zero-order valence-electron chi connectivity index (χ0n) is 12.7. The normalized spacial score (nSPS) is 11.0.